The molecule has 2 aromatic carbocycles. The lowest BCUT2D eigenvalue weighted by Crippen LogP contribution is -2.00. The normalized spacial score (nSPS) is 10.3. The average Bonchev–Trinajstić information content (AvgIpc) is 2.33. The number of hydrogen-bond acceptors (Lipinski definition) is 1. The summed E-state index contributed by atoms with van der Waals surface area (Å²) in [5.41, 5.74) is 1.93. The zero-order valence-corrected chi connectivity index (χ0v) is 11.2. The molecule has 4 heteroatoms. The van der Waals surface area contributed by atoms with Gasteiger partial charge in [-0.2, -0.15) is 0 Å². The van der Waals surface area contributed by atoms with Crippen molar-refractivity contribution in [2.24, 2.45) is 0 Å². The lowest BCUT2D eigenvalue weighted by atomic mass is 10.2. The van der Waals surface area contributed by atoms with E-state index in [0.717, 1.165) is 15.7 Å². The van der Waals surface area contributed by atoms with Crippen molar-refractivity contribution in [3.63, 3.8) is 0 Å². The van der Waals surface area contributed by atoms with Gasteiger partial charge in [-0.1, -0.05) is 29.8 Å². The van der Waals surface area contributed by atoms with E-state index in [1.54, 1.807) is 12.1 Å². The largest absolute Gasteiger partial charge is 0.380 e. The van der Waals surface area contributed by atoms with Gasteiger partial charge in [-0.05, 0) is 45.8 Å². The SMILES string of the molecule is Fc1ccc(CNc2cccc(Cl)c2Br)cc1. The molecule has 17 heavy (non-hydrogen) atoms. The molecule has 0 saturated heterocycles. The molecule has 0 bridgehead atoms. The topological polar surface area (TPSA) is 12.0 Å². The van der Waals surface area contributed by atoms with Crippen molar-refractivity contribution in [2.45, 2.75) is 6.54 Å². The van der Waals surface area contributed by atoms with E-state index in [4.69, 9.17) is 11.6 Å². The van der Waals surface area contributed by atoms with Crippen LogP contribution in [0.15, 0.2) is 46.9 Å². The fraction of sp³-hybridized carbons (Fsp3) is 0.0769. The van der Waals surface area contributed by atoms with Crippen LogP contribution in [-0.2, 0) is 6.54 Å². The molecule has 2 rings (SSSR count). The molecule has 0 atom stereocenters. The predicted octanol–water partition coefficient (Wildman–Crippen LogP) is 4.85. The number of halogens is 3. The zero-order valence-electron chi connectivity index (χ0n) is 8.88. The van der Waals surface area contributed by atoms with Crippen LogP contribution in [0.25, 0.3) is 0 Å². The van der Waals surface area contributed by atoms with Gasteiger partial charge in [0.2, 0.25) is 0 Å². The molecule has 88 valence electrons. The summed E-state index contributed by atoms with van der Waals surface area (Å²) in [6.45, 7) is 0.624. The van der Waals surface area contributed by atoms with Crippen LogP contribution in [0, 0.1) is 5.82 Å². The van der Waals surface area contributed by atoms with E-state index in [9.17, 15) is 4.39 Å². The molecule has 0 radical (unpaired) electrons. The minimum Gasteiger partial charge on any atom is -0.380 e. The van der Waals surface area contributed by atoms with E-state index in [1.165, 1.54) is 12.1 Å². The molecule has 1 nitrogen and oxygen atoms in total. The maximum atomic E-state index is 12.7. The van der Waals surface area contributed by atoms with Crippen LogP contribution in [-0.4, -0.2) is 0 Å². The van der Waals surface area contributed by atoms with Gasteiger partial charge in [0.1, 0.15) is 5.82 Å². The van der Waals surface area contributed by atoms with Crippen molar-refractivity contribution in [1.82, 2.24) is 0 Å². The summed E-state index contributed by atoms with van der Waals surface area (Å²) in [4.78, 5) is 0. The summed E-state index contributed by atoms with van der Waals surface area (Å²) in [7, 11) is 0. The smallest absolute Gasteiger partial charge is 0.123 e. The van der Waals surface area contributed by atoms with E-state index in [2.05, 4.69) is 21.2 Å². The van der Waals surface area contributed by atoms with E-state index in [-0.39, 0.29) is 5.82 Å². The van der Waals surface area contributed by atoms with Crippen molar-refractivity contribution in [2.75, 3.05) is 5.32 Å². The van der Waals surface area contributed by atoms with Crippen molar-refractivity contribution >= 4 is 33.2 Å². The summed E-state index contributed by atoms with van der Waals surface area (Å²) in [6.07, 6.45) is 0. The Bertz CT molecular complexity index is 513. The molecule has 0 amide bonds. The van der Waals surface area contributed by atoms with Gasteiger partial charge in [0, 0.05) is 6.54 Å². The Morgan fingerprint density at radius 3 is 2.53 bits per heavy atom. The maximum Gasteiger partial charge on any atom is 0.123 e. The highest BCUT2D eigenvalue weighted by molar-refractivity contribution is 9.10. The van der Waals surface area contributed by atoms with Crippen LogP contribution < -0.4 is 5.32 Å². The Kier molecular flexibility index (Phi) is 4.02. The van der Waals surface area contributed by atoms with E-state index in [0.29, 0.717) is 11.6 Å². The predicted molar refractivity (Wildman–Crippen MR) is 72.9 cm³/mol. The molecule has 0 aliphatic heterocycles. The number of rotatable bonds is 3. The summed E-state index contributed by atoms with van der Waals surface area (Å²) in [5, 5.41) is 3.90. The third-order valence-electron chi connectivity index (χ3n) is 2.35. The quantitative estimate of drug-likeness (QED) is 0.853. The van der Waals surface area contributed by atoms with Gasteiger partial charge in [0.25, 0.3) is 0 Å². The van der Waals surface area contributed by atoms with Crippen LogP contribution in [0.5, 0.6) is 0 Å². The van der Waals surface area contributed by atoms with Gasteiger partial charge in [0.15, 0.2) is 0 Å². The second kappa shape index (κ2) is 5.52. The van der Waals surface area contributed by atoms with Crippen LogP contribution in [0.1, 0.15) is 5.56 Å². The molecule has 0 aliphatic carbocycles. The standard InChI is InChI=1S/C13H10BrClFN/c14-13-11(15)2-1-3-12(13)17-8-9-4-6-10(16)7-5-9/h1-7,17H,8H2. The Morgan fingerprint density at radius 2 is 1.82 bits per heavy atom. The fourth-order valence-electron chi connectivity index (χ4n) is 1.44. The van der Waals surface area contributed by atoms with E-state index in [1.807, 2.05) is 18.2 Å². The first-order valence-corrected chi connectivity index (χ1v) is 6.26. The van der Waals surface area contributed by atoms with Gasteiger partial charge in [-0.3, -0.25) is 0 Å². The van der Waals surface area contributed by atoms with Gasteiger partial charge in [-0.15, -0.1) is 0 Å². The van der Waals surface area contributed by atoms with Crippen molar-refractivity contribution < 1.29 is 4.39 Å². The van der Waals surface area contributed by atoms with Crippen molar-refractivity contribution in [1.29, 1.82) is 0 Å². The monoisotopic (exact) mass is 313 g/mol. The summed E-state index contributed by atoms with van der Waals surface area (Å²) in [5.74, 6) is -0.224. The molecular weight excluding hydrogens is 305 g/mol. The fourth-order valence-corrected chi connectivity index (χ4v) is 2.02. The molecule has 0 saturated carbocycles. The van der Waals surface area contributed by atoms with Crippen LogP contribution in [0.4, 0.5) is 10.1 Å². The van der Waals surface area contributed by atoms with Gasteiger partial charge >= 0.3 is 0 Å². The molecule has 1 N–H and O–H groups in total. The van der Waals surface area contributed by atoms with Crippen LogP contribution >= 0.6 is 27.5 Å². The first-order chi connectivity index (χ1) is 8.16. The molecule has 0 heterocycles. The molecule has 0 fully saturated rings. The third-order valence-corrected chi connectivity index (χ3v) is 3.75. The number of anilines is 1. The maximum absolute atomic E-state index is 12.7. The Balaban J connectivity index is 2.07. The Hall–Kier alpha value is -1.06. The number of benzene rings is 2. The molecule has 0 unspecified atom stereocenters. The Morgan fingerprint density at radius 1 is 1.12 bits per heavy atom. The van der Waals surface area contributed by atoms with Crippen LogP contribution in [0.3, 0.4) is 0 Å². The highest BCUT2D eigenvalue weighted by Crippen LogP contribution is 2.30. The first-order valence-electron chi connectivity index (χ1n) is 5.09. The average molecular weight is 315 g/mol. The lowest BCUT2D eigenvalue weighted by molar-refractivity contribution is 0.627. The first kappa shape index (κ1) is 12.4. The highest BCUT2D eigenvalue weighted by Gasteiger charge is 2.03. The van der Waals surface area contributed by atoms with E-state index >= 15 is 0 Å². The molecule has 0 aromatic heterocycles. The van der Waals surface area contributed by atoms with Gasteiger partial charge in [-0.25, -0.2) is 4.39 Å². The van der Waals surface area contributed by atoms with Crippen LogP contribution in [0.2, 0.25) is 5.02 Å². The summed E-state index contributed by atoms with van der Waals surface area (Å²) >= 11 is 9.39. The second-order valence-corrected chi connectivity index (χ2v) is 4.78. The summed E-state index contributed by atoms with van der Waals surface area (Å²) in [6, 6.07) is 12.0. The molecule has 0 aliphatic rings. The van der Waals surface area contributed by atoms with Crippen molar-refractivity contribution in [3.05, 3.63) is 63.3 Å². The number of nitrogens with one attached hydrogen (secondary N) is 1. The lowest BCUT2D eigenvalue weighted by Gasteiger charge is -2.09. The van der Waals surface area contributed by atoms with E-state index < -0.39 is 0 Å². The van der Waals surface area contributed by atoms with Crippen molar-refractivity contribution in [3.8, 4) is 0 Å². The second-order valence-electron chi connectivity index (χ2n) is 3.58. The number of hydrogen-bond donors (Lipinski definition) is 1. The third kappa shape index (κ3) is 3.20. The minimum absolute atomic E-state index is 0.224. The van der Waals surface area contributed by atoms with Gasteiger partial charge in [0.05, 0.1) is 15.2 Å². The Labute approximate surface area is 113 Å². The highest BCUT2D eigenvalue weighted by atomic mass is 79.9. The minimum atomic E-state index is -0.224. The summed E-state index contributed by atoms with van der Waals surface area (Å²) < 4.78 is 13.6. The van der Waals surface area contributed by atoms with Gasteiger partial charge < -0.3 is 5.32 Å². The molecule has 0 spiro atoms. The molecular formula is C13H10BrClFN. The molecule has 2 aromatic rings. The zero-order chi connectivity index (χ0) is 12.3.